The summed E-state index contributed by atoms with van der Waals surface area (Å²) in [6, 6.07) is 0.0189. The second-order valence-electron chi connectivity index (χ2n) is 4.61. The van der Waals surface area contributed by atoms with Crippen LogP contribution in [0.5, 0.6) is 0 Å². The molecule has 0 saturated heterocycles. The number of aromatic amines is 1. The number of nitrogens with one attached hydrogen (secondary N) is 1. The van der Waals surface area contributed by atoms with Gasteiger partial charge in [0, 0.05) is 11.6 Å². The summed E-state index contributed by atoms with van der Waals surface area (Å²) in [6.45, 7) is 4.16. The lowest BCUT2D eigenvalue weighted by Crippen LogP contribution is -2.07. The van der Waals surface area contributed by atoms with E-state index < -0.39 is 0 Å². The van der Waals surface area contributed by atoms with Gasteiger partial charge < -0.3 is 10.7 Å². The predicted molar refractivity (Wildman–Crippen MR) is 61.8 cm³/mol. The Hall–Kier alpha value is -0.830. The molecule has 1 atom stereocenters. The summed E-state index contributed by atoms with van der Waals surface area (Å²) >= 11 is 0. The molecule has 84 valence electrons. The van der Waals surface area contributed by atoms with Gasteiger partial charge in [-0.3, -0.25) is 0 Å². The van der Waals surface area contributed by atoms with E-state index in [1.807, 2.05) is 6.92 Å². The summed E-state index contributed by atoms with van der Waals surface area (Å²) in [7, 11) is 0. The standard InChI is InChI=1S/C12H21N3/c1-3-10-11(9-6-4-5-7-9)15-12(14-10)8(2)13/h8-9H,3-7,13H2,1-2H3,(H,14,15). The Kier molecular flexibility index (Phi) is 3.10. The fourth-order valence-electron chi connectivity index (χ4n) is 2.47. The molecule has 1 aliphatic rings. The largest absolute Gasteiger partial charge is 0.344 e. The number of nitrogens with zero attached hydrogens (tertiary/aromatic N) is 1. The number of hydrogen-bond acceptors (Lipinski definition) is 2. The number of nitrogens with two attached hydrogens (primary N) is 1. The van der Waals surface area contributed by atoms with Gasteiger partial charge in [-0.1, -0.05) is 19.8 Å². The van der Waals surface area contributed by atoms with E-state index in [2.05, 4.69) is 16.9 Å². The third-order valence-corrected chi connectivity index (χ3v) is 3.36. The molecular formula is C12H21N3. The molecule has 1 heterocycles. The summed E-state index contributed by atoms with van der Waals surface area (Å²) in [5.74, 6) is 1.64. The van der Waals surface area contributed by atoms with Crippen LogP contribution in [0.2, 0.25) is 0 Å². The molecule has 1 saturated carbocycles. The van der Waals surface area contributed by atoms with Gasteiger partial charge in [0.25, 0.3) is 0 Å². The van der Waals surface area contributed by atoms with Crippen LogP contribution in [0.3, 0.4) is 0 Å². The summed E-state index contributed by atoms with van der Waals surface area (Å²) in [5.41, 5.74) is 8.45. The minimum Gasteiger partial charge on any atom is -0.344 e. The average molecular weight is 207 g/mol. The third kappa shape index (κ3) is 2.07. The highest BCUT2D eigenvalue weighted by atomic mass is 15.0. The number of rotatable bonds is 3. The van der Waals surface area contributed by atoms with Crippen LogP contribution in [0.1, 0.15) is 68.7 Å². The molecule has 3 N–H and O–H groups in total. The van der Waals surface area contributed by atoms with E-state index in [1.165, 1.54) is 37.1 Å². The first kappa shape index (κ1) is 10.7. The molecule has 0 amide bonds. The van der Waals surface area contributed by atoms with Gasteiger partial charge in [-0.25, -0.2) is 4.98 Å². The van der Waals surface area contributed by atoms with Crippen molar-refractivity contribution < 1.29 is 0 Å². The zero-order valence-electron chi connectivity index (χ0n) is 9.71. The van der Waals surface area contributed by atoms with E-state index >= 15 is 0 Å². The monoisotopic (exact) mass is 207 g/mol. The Labute approximate surface area is 91.5 Å². The molecule has 1 unspecified atom stereocenters. The van der Waals surface area contributed by atoms with Crippen molar-refractivity contribution in [1.29, 1.82) is 0 Å². The minimum absolute atomic E-state index is 0.0189. The Bertz CT molecular complexity index is 322. The van der Waals surface area contributed by atoms with Crippen molar-refractivity contribution in [2.45, 2.75) is 57.9 Å². The SMILES string of the molecule is CCc1[nH]c(C(C)N)nc1C1CCCC1. The van der Waals surface area contributed by atoms with Crippen molar-refractivity contribution in [3.05, 3.63) is 17.2 Å². The molecule has 0 aliphatic heterocycles. The smallest absolute Gasteiger partial charge is 0.123 e. The molecule has 2 rings (SSSR count). The highest BCUT2D eigenvalue weighted by molar-refractivity contribution is 5.21. The van der Waals surface area contributed by atoms with E-state index in [0.29, 0.717) is 5.92 Å². The number of hydrogen-bond donors (Lipinski definition) is 2. The van der Waals surface area contributed by atoms with Gasteiger partial charge in [0.05, 0.1) is 11.7 Å². The Morgan fingerprint density at radius 1 is 1.47 bits per heavy atom. The van der Waals surface area contributed by atoms with Crippen LogP contribution in [0.15, 0.2) is 0 Å². The molecule has 0 radical (unpaired) electrons. The normalized spacial score (nSPS) is 19.7. The molecule has 1 aliphatic carbocycles. The lowest BCUT2D eigenvalue weighted by molar-refractivity contribution is 0.683. The van der Waals surface area contributed by atoms with E-state index in [1.54, 1.807) is 0 Å². The molecule has 0 bridgehead atoms. The number of H-pyrrole nitrogens is 1. The Morgan fingerprint density at radius 3 is 2.67 bits per heavy atom. The van der Waals surface area contributed by atoms with E-state index in [-0.39, 0.29) is 6.04 Å². The average Bonchev–Trinajstić information content (AvgIpc) is 2.86. The van der Waals surface area contributed by atoms with Crippen molar-refractivity contribution in [3.63, 3.8) is 0 Å². The first-order chi connectivity index (χ1) is 7.22. The van der Waals surface area contributed by atoms with Gasteiger partial charge in [-0.2, -0.15) is 0 Å². The predicted octanol–water partition coefficient (Wildman–Crippen LogP) is 2.65. The van der Waals surface area contributed by atoms with E-state index in [9.17, 15) is 0 Å². The van der Waals surface area contributed by atoms with Crippen LogP contribution in [0.25, 0.3) is 0 Å². The minimum atomic E-state index is 0.0189. The fourth-order valence-corrected chi connectivity index (χ4v) is 2.47. The number of aryl methyl sites for hydroxylation is 1. The molecule has 3 heteroatoms. The summed E-state index contributed by atoms with van der Waals surface area (Å²) in [4.78, 5) is 8.05. The molecule has 15 heavy (non-hydrogen) atoms. The van der Waals surface area contributed by atoms with E-state index in [4.69, 9.17) is 5.73 Å². The van der Waals surface area contributed by atoms with Crippen LogP contribution in [-0.2, 0) is 6.42 Å². The van der Waals surface area contributed by atoms with Gasteiger partial charge in [0.2, 0.25) is 0 Å². The van der Waals surface area contributed by atoms with Crippen LogP contribution >= 0.6 is 0 Å². The topological polar surface area (TPSA) is 54.7 Å². The van der Waals surface area contributed by atoms with Crippen molar-refractivity contribution in [2.75, 3.05) is 0 Å². The van der Waals surface area contributed by atoms with Crippen LogP contribution < -0.4 is 5.73 Å². The van der Waals surface area contributed by atoms with Gasteiger partial charge in [0.15, 0.2) is 0 Å². The van der Waals surface area contributed by atoms with Crippen molar-refractivity contribution in [1.82, 2.24) is 9.97 Å². The lowest BCUT2D eigenvalue weighted by atomic mass is 10.0. The third-order valence-electron chi connectivity index (χ3n) is 3.36. The van der Waals surface area contributed by atoms with Crippen molar-refractivity contribution in [3.8, 4) is 0 Å². The zero-order chi connectivity index (χ0) is 10.8. The number of aromatic nitrogens is 2. The maximum Gasteiger partial charge on any atom is 0.123 e. The molecule has 0 spiro atoms. The zero-order valence-corrected chi connectivity index (χ0v) is 9.71. The highest BCUT2D eigenvalue weighted by Crippen LogP contribution is 2.35. The summed E-state index contributed by atoms with van der Waals surface area (Å²) < 4.78 is 0. The fraction of sp³-hybridized carbons (Fsp3) is 0.750. The Balaban J connectivity index is 2.27. The van der Waals surface area contributed by atoms with Crippen molar-refractivity contribution in [2.24, 2.45) is 5.73 Å². The van der Waals surface area contributed by atoms with Crippen LogP contribution in [-0.4, -0.2) is 9.97 Å². The molecular weight excluding hydrogens is 186 g/mol. The van der Waals surface area contributed by atoms with Gasteiger partial charge >= 0.3 is 0 Å². The van der Waals surface area contributed by atoms with Crippen LogP contribution in [0.4, 0.5) is 0 Å². The highest BCUT2D eigenvalue weighted by Gasteiger charge is 2.23. The maximum atomic E-state index is 5.86. The van der Waals surface area contributed by atoms with Gasteiger partial charge in [-0.05, 0) is 26.2 Å². The quantitative estimate of drug-likeness (QED) is 0.800. The summed E-state index contributed by atoms with van der Waals surface area (Å²) in [6.07, 6.45) is 6.35. The maximum absolute atomic E-state index is 5.86. The van der Waals surface area contributed by atoms with E-state index in [0.717, 1.165) is 12.2 Å². The molecule has 1 aromatic rings. The molecule has 1 aromatic heterocycles. The number of imidazole rings is 1. The van der Waals surface area contributed by atoms with Crippen molar-refractivity contribution >= 4 is 0 Å². The second-order valence-corrected chi connectivity index (χ2v) is 4.61. The van der Waals surface area contributed by atoms with Crippen LogP contribution in [0, 0.1) is 0 Å². The lowest BCUT2D eigenvalue weighted by Gasteiger charge is -2.06. The first-order valence-corrected chi connectivity index (χ1v) is 6.06. The molecule has 1 fully saturated rings. The summed E-state index contributed by atoms with van der Waals surface area (Å²) in [5, 5.41) is 0. The Morgan fingerprint density at radius 2 is 2.13 bits per heavy atom. The van der Waals surface area contributed by atoms with Gasteiger partial charge in [0.1, 0.15) is 5.82 Å². The second kappa shape index (κ2) is 4.35. The molecule has 3 nitrogen and oxygen atoms in total. The first-order valence-electron chi connectivity index (χ1n) is 6.06. The molecule has 0 aromatic carbocycles. The van der Waals surface area contributed by atoms with Gasteiger partial charge in [-0.15, -0.1) is 0 Å².